The normalized spacial score (nSPS) is 13.8. The summed E-state index contributed by atoms with van der Waals surface area (Å²) in [6.45, 7) is 0.104. The first-order valence-corrected chi connectivity index (χ1v) is 10.0. The number of hydrogen-bond acceptors (Lipinski definition) is 7. The molecule has 0 spiro atoms. The van der Waals surface area contributed by atoms with E-state index >= 15 is 0 Å². The van der Waals surface area contributed by atoms with E-state index < -0.39 is 10.0 Å². The number of hydrogen-bond donors (Lipinski definition) is 1. The van der Waals surface area contributed by atoms with Gasteiger partial charge in [-0.1, -0.05) is 0 Å². The van der Waals surface area contributed by atoms with Crippen molar-refractivity contribution in [3.8, 4) is 11.5 Å². The highest BCUT2D eigenvalue weighted by molar-refractivity contribution is 7.89. The van der Waals surface area contributed by atoms with Gasteiger partial charge in [0.1, 0.15) is 0 Å². The predicted molar refractivity (Wildman–Crippen MR) is 100.0 cm³/mol. The van der Waals surface area contributed by atoms with E-state index in [2.05, 4.69) is 19.9 Å². The Balaban J connectivity index is 1.41. The number of anilines is 1. The number of amides is 1. The molecule has 1 aliphatic heterocycles. The van der Waals surface area contributed by atoms with Crippen LogP contribution in [0, 0.1) is 0 Å². The Morgan fingerprint density at radius 3 is 2.89 bits per heavy atom. The number of aromatic nitrogens is 3. The summed E-state index contributed by atoms with van der Waals surface area (Å²) in [7, 11) is -2.04. The molecule has 10 heteroatoms. The van der Waals surface area contributed by atoms with Crippen LogP contribution in [0.2, 0.25) is 0 Å². The van der Waals surface area contributed by atoms with Crippen LogP contribution < -0.4 is 9.62 Å². The summed E-state index contributed by atoms with van der Waals surface area (Å²) in [5.41, 5.74) is 2.13. The van der Waals surface area contributed by atoms with Crippen molar-refractivity contribution >= 4 is 21.6 Å². The second kappa shape index (κ2) is 7.13. The third-order valence-electron chi connectivity index (χ3n) is 4.44. The van der Waals surface area contributed by atoms with Gasteiger partial charge in [0.25, 0.3) is 0 Å². The lowest BCUT2D eigenvalue weighted by Crippen LogP contribution is -2.26. The summed E-state index contributed by atoms with van der Waals surface area (Å²) >= 11 is 0. The van der Waals surface area contributed by atoms with Crippen LogP contribution in [-0.2, 0) is 27.7 Å². The smallest absolute Gasteiger partial charge is 0.249 e. The third kappa shape index (κ3) is 3.51. The van der Waals surface area contributed by atoms with Crippen LogP contribution in [-0.4, -0.2) is 43.1 Å². The van der Waals surface area contributed by atoms with Crippen LogP contribution in [0.1, 0.15) is 11.5 Å². The Bertz CT molecular complexity index is 1130. The van der Waals surface area contributed by atoms with Crippen LogP contribution in [0.5, 0.6) is 0 Å². The number of fused-ring (bicyclic) bond motifs is 1. The van der Waals surface area contributed by atoms with Crippen molar-refractivity contribution in [1.29, 1.82) is 0 Å². The maximum Gasteiger partial charge on any atom is 0.249 e. The Morgan fingerprint density at radius 1 is 1.25 bits per heavy atom. The zero-order valence-electron chi connectivity index (χ0n) is 15.0. The first-order chi connectivity index (χ1) is 13.4. The fourth-order valence-electron chi connectivity index (χ4n) is 2.95. The van der Waals surface area contributed by atoms with Crippen molar-refractivity contribution in [2.75, 3.05) is 18.5 Å². The molecule has 0 bridgehead atoms. The van der Waals surface area contributed by atoms with E-state index in [4.69, 9.17) is 4.42 Å². The standard InChI is InChI=1S/C18H17N5O4S/c1-23-15-5-4-14(9-13(15)10-17(23)24)28(25,26)20-8-6-16-21-22-18(27-16)12-3-2-7-19-11-12/h2-5,7,9,11,20H,6,8,10H2,1H3. The monoisotopic (exact) mass is 399 g/mol. The van der Waals surface area contributed by atoms with Gasteiger partial charge in [-0.3, -0.25) is 9.78 Å². The second-order valence-corrected chi connectivity index (χ2v) is 8.08. The fourth-order valence-corrected chi connectivity index (χ4v) is 4.03. The van der Waals surface area contributed by atoms with Gasteiger partial charge in [-0.05, 0) is 35.9 Å². The maximum atomic E-state index is 12.5. The molecule has 0 saturated carbocycles. The SMILES string of the molecule is CN1C(=O)Cc2cc(S(=O)(=O)NCCc3nnc(-c4cccnc4)o3)ccc21. The molecular formula is C18H17N5O4S. The maximum absolute atomic E-state index is 12.5. The highest BCUT2D eigenvalue weighted by atomic mass is 32.2. The van der Waals surface area contributed by atoms with E-state index in [-0.39, 0.29) is 30.2 Å². The number of carbonyl (C=O) groups excluding carboxylic acids is 1. The van der Waals surface area contributed by atoms with E-state index in [1.165, 1.54) is 17.0 Å². The van der Waals surface area contributed by atoms with Crippen molar-refractivity contribution in [2.45, 2.75) is 17.7 Å². The Labute approximate surface area is 161 Å². The van der Waals surface area contributed by atoms with Gasteiger partial charge in [-0.25, -0.2) is 13.1 Å². The molecule has 144 valence electrons. The first kappa shape index (κ1) is 18.3. The summed E-state index contributed by atoms with van der Waals surface area (Å²) in [6, 6.07) is 8.22. The molecule has 9 nitrogen and oxygen atoms in total. The number of carbonyl (C=O) groups is 1. The second-order valence-electron chi connectivity index (χ2n) is 6.31. The van der Waals surface area contributed by atoms with Crippen molar-refractivity contribution in [3.05, 3.63) is 54.2 Å². The summed E-state index contributed by atoms with van der Waals surface area (Å²) in [5, 5.41) is 7.87. The number of rotatable bonds is 6. The van der Waals surface area contributed by atoms with Gasteiger partial charge in [-0.15, -0.1) is 10.2 Å². The molecule has 3 aromatic rings. The molecule has 0 radical (unpaired) electrons. The zero-order valence-corrected chi connectivity index (χ0v) is 15.8. The molecule has 2 aromatic heterocycles. The van der Waals surface area contributed by atoms with Crippen LogP contribution in [0.25, 0.3) is 11.5 Å². The number of sulfonamides is 1. The lowest BCUT2D eigenvalue weighted by atomic mass is 10.2. The predicted octanol–water partition coefficient (Wildman–Crippen LogP) is 1.17. The molecule has 0 atom stereocenters. The van der Waals surface area contributed by atoms with Crippen LogP contribution in [0.4, 0.5) is 5.69 Å². The molecule has 0 fully saturated rings. The average molecular weight is 399 g/mol. The minimum absolute atomic E-state index is 0.0571. The van der Waals surface area contributed by atoms with E-state index in [0.29, 0.717) is 22.9 Å². The summed E-state index contributed by atoms with van der Waals surface area (Å²) in [6.07, 6.45) is 3.70. The molecule has 3 heterocycles. The molecule has 1 N–H and O–H groups in total. The van der Waals surface area contributed by atoms with E-state index in [1.807, 2.05) is 0 Å². The Kier molecular flexibility index (Phi) is 4.65. The van der Waals surface area contributed by atoms with Crippen LogP contribution in [0.3, 0.4) is 0 Å². The average Bonchev–Trinajstić information content (AvgIpc) is 3.27. The third-order valence-corrected chi connectivity index (χ3v) is 5.90. The van der Waals surface area contributed by atoms with Crippen molar-refractivity contribution in [3.63, 3.8) is 0 Å². The van der Waals surface area contributed by atoms with Gasteiger partial charge < -0.3 is 9.32 Å². The summed E-state index contributed by atoms with van der Waals surface area (Å²) in [5.74, 6) is 0.597. The molecular weight excluding hydrogens is 382 g/mol. The fraction of sp³-hybridized carbons (Fsp3) is 0.222. The Morgan fingerprint density at radius 2 is 2.11 bits per heavy atom. The van der Waals surface area contributed by atoms with E-state index in [0.717, 1.165) is 5.69 Å². The highest BCUT2D eigenvalue weighted by Gasteiger charge is 2.26. The van der Waals surface area contributed by atoms with E-state index in [1.54, 1.807) is 37.6 Å². The van der Waals surface area contributed by atoms with Gasteiger partial charge in [0.05, 0.1) is 16.9 Å². The molecule has 1 aromatic carbocycles. The lowest BCUT2D eigenvalue weighted by molar-refractivity contribution is -0.117. The van der Waals surface area contributed by atoms with Gasteiger partial charge in [0.2, 0.25) is 27.7 Å². The van der Waals surface area contributed by atoms with E-state index in [9.17, 15) is 13.2 Å². The molecule has 1 amide bonds. The number of nitrogens with one attached hydrogen (secondary N) is 1. The number of benzene rings is 1. The van der Waals surface area contributed by atoms with Gasteiger partial charge >= 0.3 is 0 Å². The molecule has 4 rings (SSSR count). The van der Waals surface area contributed by atoms with Crippen molar-refractivity contribution in [1.82, 2.24) is 19.9 Å². The quantitative estimate of drug-likeness (QED) is 0.661. The summed E-state index contributed by atoms with van der Waals surface area (Å²) < 4.78 is 33.1. The molecule has 1 aliphatic rings. The Hall–Kier alpha value is -3.11. The van der Waals surface area contributed by atoms with Crippen LogP contribution >= 0.6 is 0 Å². The lowest BCUT2D eigenvalue weighted by Gasteiger charge is -2.11. The summed E-state index contributed by atoms with van der Waals surface area (Å²) in [4.78, 5) is 17.4. The first-order valence-electron chi connectivity index (χ1n) is 8.56. The highest BCUT2D eigenvalue weighted by Crippen LogP contribution is 2.29. The van der Waals surface area contributed by atoms with Crippen LogP contribution in [0.15, 0.2) is 52.0 Å². The molecule has 28 heavy (non-hydrogen) atoms. The number of likely N-dealkylation sites (N-methyl/N-ethyl adjacent to an activating group) is 1. The van der Waals surface area contributed by atoms with Crippen molar-refractivity contribution < 1.29 is 17.6 Å². The minimum Gasteiger partial charge on any atom is -0.421 e. The topological polar surface area (TPSA) is 118 Å². The van der Waals surface area contributed by atoms with Gasteiger partial charge in [-0.2, -0.15) is 0 Å². The number of pyridine rings is 1. The van der Waals surface area contributed by atoms with Gasteiger partial charge in [0, 0.05) is 38.1 Å². The zero-order chi connectivity index (χ0) is 19.7. The number of nitrogens with zero attached hydrogens (tertiary/aromatic N) is 4. The largest absolute Gasteiger partial charge is 0.421 e. The van der Waals surface area contributed by atoms with Crippen molar-refractivity contribution in [2.24, 2.45) is 0 Å². The molecule has 0 unspecified atom stereocenters. The minimum atomic E-state index is -3.71. The van der Waals surface area contributed by atoms with Gasteiger partial charge in [0.15, 0.2) is 0 Å². The molecule has 0 saturated heterocycles. The molecule has 0 aliphatic carbocycles.